The fourth-order valence-electron chi connectivity index (χ4n) is 3.09. The highest BCUT2D eigenvalue weighted by atomic mass is 16.5. The second-order valence-electron chi connectivity index (χ2n) is 7.51. The summed E-state index contributed by atoms with van der Waals surface area (Å²) in [6, 6.07) is 16.1. The average Bonchev–Trinajstić information content (AvgIpc) is 3.53. The molecule has 1 heterocycles. The summed E-state index contributed by atoms with van der Waals surface area (Å²) in [5.74, 6) is -1.13. The third-order valence-electron chi connectivity index (χ3n) is 4.85. The van der Waals surface area contributed by atoms with Crippen molar-refractivity contribution in [3.8, 4) is 11.4 Å². The molecule has 1 aliphatic rings. The molecule has 0 bridgehead atoms. The summed E-state index contributed by atoms with van der Waals surface area (Å²) in [6.07, 6.45) is 3.51. The van der Waals surface area contributed by atoms with Crippen LogP contribution >= 0.6 is 0 Å². The number of hydrogen-bond acceptors (Lipinski definition) is 6. The number of aromatic nitrogens is 2. The number of nitrogens with zero attached hydrogens (tertiary/aromatic N) is 2. The summed E-state index contributed by atoms with van der Waals surface area (Å²) in [5.41, 5.74) is 1.64. The lowest BCUT2D eigenvalue weighted by Gasteiger charge is -2.09. The van der Waals surface area contributed by atoms with E-state index in [2.05, 4.69) is 15.7 Å². The van der Waals surface area contributed by atoms with Gasteiger partial charge in [-0.1, -0.05) is 24.3 Å². The monoisotopic (exact) mass is 448 g/mol. The number of amides is 2. The Morgan fingerprint density at radius 1 is 1.09 bits per heavy atom. The molecule has 1 saturated carbocycles. The molecule has 2 amide bonds. The highest BCUT2D eigenvalue weighted by Crippen LogP contribution is 2.22. The van der Waals surface area contributed by atoms with E-state index >= 15 is 0 Å². The lowest BCUT2D eigenvalue weighted by Crippen LogP contribution is -2.25. The number of rotatable bonds is 9. The largest absolute Gasteiger partial charge is 0.480 e. The summed E-state index contributed by atoms with van der Waals surface area (Å²) in [7, 11) is 0. The van der Waals surface area contributed by atoms with Crippen molar-refractivity contribution in [2.24, 2.45) is 0 Å². The highest BCUT2D eigenvalue weighted by molar-refractivity contribution is 5.98. The summed E-state index contributed by atoms with van der Waals surface area (Å²) in [4.78, 5) is 37.0. The second-order valence-corrected chi connectivity index (χ2v) is 7.51. The minimum atomic E-state index is -0.642. The molecule has 2 N–H and O–H groups in total. The predicted molar refractivity (Wildman–Crippen MR) is 121 cm³/mol. The van der Waals surface area contributed by atoms with Crippen molar-refractivity contribution in [1.29, 1.82) is 0 Å². The molecule has 9 heteroatoms. The van der Waals surface area contributed by atoms with E-state index in [1.165, 1.54) is 10.9 Å². The van der Waals surface area contributed by atoms with Crippen LogP contribution < -0.4 is 15.4 Å². The molecule has 1 aliphatic carbocycles. The van der Waals surface area contributed by atoms with Crippen molar-refractivity contribution in [1.82, 2.24) is 15.1 Å². The zero-order valence-electron chi connectivity index (χ0n) is 18.1. The Bertz CT molecular complexity index is 1150. The molecule has 0 aliphatic heterocycles. The fourth-order valence-corrected chi connectivity index (χ4v) is 3.09. The molecule has 0 radical (unpaired) electrons. The summed E-state index contributed by atoms with van der Waals surface area (Å²) < 4.78 is 12.1. The average molecular weight is 448 g/mol. The van der Waals surface area contributed by atoms with Gasteiger partial charge in [0.1, 0.15) is 0 Å². The van der Waals surface area contributed by atoms with E-state index < -0.39 is 11.9 Å². The molecule has 0 spiro atoms. The fraction of sp³-hybridized carbons (Fsp3) is 0.250. The first-order chi connectivity index (χ1) is 16.0. The van der Waals surface area contributed by atoms with Gasteiger partial charge >= 0.3 is 5.97 Å². The molecule has 0 atom stereocenters. The first-order valence-corrected chi connectivity index (χ1v) is 10.7. The van der Waals surface area contributed by atoms with Crippen molar-refractivity contribution in [2.75, 3.05) is 18.5 Å². The maximum Gasteiger partial charge on any atom is 0.362 e. The van der Waals surface area contributed by atoms with E-state index in [-0.39, 0.29) is 36.6 Å². The van der Waals surface area contributed by atoms with E-state index in [0.29, 0.717) is 11.3 Å². The summed E-state index contributed by atoms with van der Waals surface area (Å²) >= 11 is 0. The van der Waals surface area contributed by atoms with Crippen LogP contribution in [0, 0.1) is 0 Å². The van der Waals surface area contributed by atoms with Gasteiger partial charge < -0.3 is 20.1 Å². The quantitative estimate of drug-likeness (QED) is 0.487. The molecular weight excluding hydrogens is 424 g/mol. The molecular formula is C24H24N4O5. The highest BCUT2D eigenvalue weighted by Gasteiger charge is 2.24. The Morgan fingerprint density at radius 2 is 1.88 bits per heavy atom. The van der Waals surface area contributed by atoms with Gasteiger partial charge in [0.2, 0.25) is 5.69 Å². The maximum absolute atomic E-state index is 12.5. The molecule has 1 fully saturated rings. The first kappa shape index (κ1) is 22.1. The number of para-hydroxylation sites is 1. The van der Waals surface area contributed by atoms with Crippen LogP contribution in [0.15, 0.2) is 60.8 Å². The van der Waals surface area contributed by atoms with E-state index in [4.69, 9.17) is 9.47 Å². The van der Waals surface area contributed by atoms with Crippen LogP contribution in [-0.2, 0) is 9.53 Å². The summed E-state index contributed by atoms with van der Waals surface area (Å²) in [6.45, 7) is 1.52. The number of hydrogen-bond donors (Lipinski definition) is 2. The Balaban J connectivity index is 1.42. The van der Waals surface area contributed by atoms with Crippen molar-refractivity contribution >= 4 is 23.5 Å². The number of nitrogens with one attached hydrogen (secondary N) is 2. The minimum Gasteiger partial charge on any atom is -0.480 e. The Labute approximate surface area is 190 Å². The standard InChI is InChI=1S/C24H24N4O5/c1-2-32-24(31)22-20(14-28(27-22)19-9-4-3-5-10-19)33-15-21(29)25-18-8-6-7-16(13-18)23(30)26-17-11-12-17/h3-10,13-14,17H,2,11-12,15H2,1H3,(H,25,29)(H,26,30). The van der Waals surface area contributed by atoms with Gasteiger partial charge in [-0.15, -0.1) is 0 Å². The second kappa shape index (κ2) is 9.99. The zero-order valence-corrected chi connectivity index (χ0v) is 18.1. The Kier molecular flexibility index (Phi) is 6.68. The number of ether oxygens (including phenoxy) is 2. The van der Waals surface area contributed by atoms with Gasteiger partial charge in [0.25, 0.3) is 11.8 Å². The van der Waals surface area contributed by atoms with Crippen LogP contribution in [0.4, 0.5) is 5.69 Å². The number of carbonyl (C=O) groups excluding carboxylic acids is 3. The number of benzene rings is 2. The molecule has 170 valence electrons. The molecule has 0 saturated heterocycles. The van der Waals surface area contributed by atoms with Crippen molar-refractivity contribution in [3.05, 3.63) is 72.1 Å². The van der Waals surface area contributed by atoms with Crippen LogP contribution in [0.3, 0.4) is 0 Å². The lowest BCUT2D eigenvalue weighted by atomic mass is 10.2. The lowest BCUT2D eigenvalue weighted by molar-refractivity contribution is -0.118. The minimum absolute atomic E-state index is 0.0211. The smallest absolute Gasteiger partial charge is 0.362 e. The normalized spacial score (nSPS) is 12.6. The van der Waals surface area contributed by atoms with Gasteiger partial charge in [-0.05, 0) is 50.1 Å². The van der Waals surface area contributed by atoms with Crippen LogP contribution in [0.2, 0.25) is 0 Å². The third-order valence-corrected chi connectivity index (χ3v) is 4.85. The van der Waals surface area contributed by atoms with Crippen LogP contribution in [0.25, 0.3) is 5.69 Å². The Morgan fingerprint density at radius 3 is 2.61 bits per heavy atom. The van der Waals surface area contributed by atoms with Gasteiger partial charge in [0.05, 0.1) is 18.5 Å². The molecule has 1 aromatic heterocycles. The third kappa shape index (κ3) is 5.76. The molecule has 33 heavy (non-hydrogen) atoms. The van der Waals surface area contributed by atoms with Gasteiger partial charge in [0.15, 0.2) is 12.4 Å². The number of anilines is 1. The molecule has 3 aromatic rings. The van der Waals surface area contributed by atoms with Crippen molar-refractivity contribution in [3.63, 3.8) is 0 Å². The van der Waals surface area contributed by atoms with Gasteiger partial charge in [-0.2, -0.15) is 5.10 Å². The van der Waals surface area contributed by atoms with E-state index in [1.54, 1.807) is 31.2 Å². The van der Waals surface area contributed by atoms with Crippen molar-refractivity contribution in [2.45, 2.75) is 25.8 Å². The van der Waals surface area contributed by atoms with Crippen molar-refractivity contribution < 1.29 is 23.9 Å². The SMILES string of the molecule is CCOC(=O)c1nn(-c2ccccc2)cc1OCC(=O)Nc1cccc(C(=O)NC2CC2)c1. The van der Waals surface area contributed by atoms with Gasteiger partial charge in [0, 0.05) is 17.3 Å². The maximum atomic E-state index is 12.5. The van der Waals surface area contributed by atoms with Crippen LogP contribution in [0.5, 0.6) is 5.75 Å². The molecule has 4 rings (SSSR count). The number of esters is 1. The first-order valence-electron chi connectivity index (χ1n) is 10.7. The Hall–Kier alpha value is -4.14. The van der Waals surface area contributed by atoms with Gasteiger partial charge in [-0.3, -0.25) is 9.59 Å². The van der Waals surface area contributed by atoms with E-state index in [1.807, 2.05) is 30.3 Å². The molecule has 9 nitrogen and oxygen atoms in total. The molecule has 2 aromatic carbocycles. The zero-order chi connectivity index (χ0) is 23.2. The topological polar surface area (TPSA) is 112 Å². The van der Waals surface area contributed by atoms with E-state index in [0.717, 1.165) is 18.5 Å². The predicted octanol–water partition coefficient (Wildman–Crippen LogP) is 2.96. The van der Waals surface area contributed by atoms with E-state index in [9.17, 15) is 14.4 Å². The van der Waals surface area contributed by atoms with Gasteiger partial charge in [-0.25, -0.2) is 9.48 Å². The van der Waals surface area contributed by atoms with Crippen LogP contribution in [0.1, 0.15) is 40.6 Å². The van der Waals surface area contributed by atoms with Crippen LogP contribution in [-0.4, -0.2) is 46.8 Å². The number of carbonyl (C=O) groups is 3. The molecule has 0 unspecified atom stereocenters. The summed E-state index contributed by atoms with van der Waals surface area (Å²) in [5, 5.41) is 9.87.